The zero-order valence-corrected chi connectivity index (χ0v) is 15.2. The fourth-order valence-electron chi connectivity index (χ4n) is 3.35. The Morgan fingerprint density at radius 3 is 2.42 bits per heavy atom. The SMILES string of the molecule is CC1(C)OB(c2cccc(CNC(=O)C3CCCC3)c2)OC1(C)C. The van der Waals surface area contributed by atoms with E-state index in [4.69, 9.17) is 9.31 Å². The predicted octanol–water partition coefficient (Wildman–Crippen LogP) is 2.79. The van der Waals surface area contributed by atoms with E-state index in [2.05, 4.69) is 39.1 Å². The topological polar surface area (TPSA) is 47.6 Å². The molecule has 0 atom stereocenters. The van der Waals surface area contributed by atoms with Gasteiger partial charge in [-0.25, -0.2) is 0 Å². The summed E-state index contributed by atoms with van der Waals surface area (Å²) in [5.74, 6) is 0.393. The Hall–Kier alpha value is -1.33. The Labute approximate surface area is 145 Å². The van der Waals surface area contributed by atoms with Crippen LogP contribution < -0.4 is 10.8 Å². The van der Waals surface area contributed by atoms with Crippen molar-refractivity contribution in [3.05, 3.63) is 29.8 Å². The maximum Gasteiger partial charge on any atom is 0.494 e. The molecule has 1 aromatic rings. The minimum absolute atomic E-state index is 0.188. The molecule has 1 aliphatic heterocycles. The molecule has 1 N–H and O–H groups in total. The Morgan fingerprint density at radius 1 is 1.17 bits per heavy atom. The lowest BCUT2D eigenvalue weighted by Gasteiger charge is -2.32. The zero-order valence-electron chi connectivity index (χ0n) is 15.2. The van der Waals surface area contributed by atoms with Crippen molar-refractivity contribution in [2.24, 2.45) is 5.92 Å². The number of hydrogen-bond acceptors (Lipinski definition) is 3. The van der Waals surface area contributed by atoms with Crippen molar-refractivity contribution in [2.45, 2.75) is 71.1 Å². The first-order chi connectivity index (χ1) is 11.3. The minimum atomic E-state index is -0.361. The molecule has 0 radical (unpaired) electrons. The highest BCUT2D eigenvalue weighted by Gasteiger charge is 2.51. The third kappa shape index (κ3) is 3.52. The summed E-state index contributed by atoms with van der Waals surface area (Å²) in [4.78, 5) is 12.2. The Kier molecular flexibility index (Phi) is 4.76. The highest BCUT2D eigenvalue weighted by atomic mass is 16.7. The van der Waals surface area contributed by atoms with E-state index in [1.54, 1.807) is 0 Å². The van der Waals surface area contributed by atoms with Crippen molar-refractivity contribution in [1.82, 2.24) is 5.32 Å². The van der Waals surface area contributed by atoms with Crippen LogP contribution in [0.5, 0.6) is 0 Å². The number of carbonyl (C=O) groups is 1. The summed E-state index contributed by atoms with van der Waals surface area (Å²) in [6, 6.07) is 8.11. The standard InChI is InChI=1S/C19H28BNO3/c1-18(2)19(3,4)24-20(23-18)16-11-7-8-14(12-16)13-21-17(22)15-9-5-6-10-15/h7-8,11-12,15H,5-6,9-10,13H2,1-4H3,(H,21,22). The molecule has 0 unspecified atom stereocenters. The third-order valence-corrected chi connectivity index (χ3v) is 5.67. The van der Waals surface area contributed by atoms with Crippen LogP contribution in [0.25, 0.3) is 0 Å². The zero-order chi connectivity index (χ0) is 17.4. The maximum atomic E-state index is 12.2. The van der Waals surface area contributed by atoms with E-state index in [9.17, 15) is 4.79 Å². The summed E-state index contributed by atoms with van der Waals surface area (Å²) in [6.07, 6.45) is 4.41. The fourth-order valence-corrected chi connectivity index (χ4v) is 3.35. The van der Waals surface area contributed by atoms with Gasteiger partial charge in [0.05, 0.1) is 11.2 Å². The van der Waals surface area contributed by atoms with Crippen LogP contribution in [-0.4, -0.2) is 24.2 Å². The maximum absolute atomic E-state index is 12.2. The second kappa shape index (κ2) is 6.53. The molecule has 1 saturated heterocycles. The van der Waals surface area contributed by atoms with Gasteiger partial charge in [0, 0.05) is 12.5 Å². The lowest BCUT2D eigenvalue weighted by atomic mass is 9.78. The van der Waals surface area contributed by atoms with Gasteiger partial charge in [0.15, 0.2) is 0 Å². The van der Waals surface area contributed by atoms with Gasteiger partial charge in [0.1, 0.15) is 0 Å². The second-order valence-electron chi connectivity index (χ2n) is 8.03. The van der Waals surface area contributed by atoms with Crippen LogP contribution in [0.4, 0.5) is 0 Å². The number of hydrogen-bond donors (Lipinski definition) is 1. The number of benzene rings is 1. The van der Waals surface area contributed by atoms with E-state index in [0.29, 0.717) is 6.54 Å². The smallest absolute Gasteiger partial charge is 0.399 e. The summed E-state index contributed by atoms with van der Waals surface area (Å²) >= 11 is 0. The third-order valence-electron chi connectivity index (χ3n) is 5.67. The van der Waals surface area contributed by atoms with Crippen molar-refractivity contribution in [2.75, 3.05) is 0 Å². The highest BCUT2D eigenvalue weighted by Crippen LogP contribution is 2.36. The van der Waals surface area contributed by atoms with Crippen LogP contribution in [-0.2, 0) is 20.6 Å². The van der Waals surface area contributed by atoms with Gasteiger partial charge >= 0.3 is 7.12 Å². The van der Waals surface area contributed by atoms with Crippen molar-refractivity contribution in [3.63, 3.8) is 0 Å². The molecule has 0 spiro atoms. The normalized spacial score (nSPS) is 22.8. The summed E-state index contributed by atoms with van der Waals surface area (Å²) in [5.41, 5.74) is 1.39. The molecule has 5 heteroatoms. The average molecular weight is 329 g/mol. The molecule has 1 amide bonds. The first-order valence-corrected chi connectivity index (χ1v) is 9.01. The molecule has 1 saturated carbocycles. The number of carbonyl (C=O) groups excluding carboxylic acids is 1. The summed E-state index contributed by atoms with van der Waals surface area (Å²) < 4.78 is 12.2. The van der Waals surface area contributed by atoms with Crippen LogP contribution >= 0.6 is 0 Å². The Balaban J connectivity index is 1.63. The largest absolute Gasteiger partial charge is 0.494 e. The van der Waals surface area contributed by atoms with Crippen LogP contribution in [0.1, 0.15) is 58.9 Å². The molecule has 24 heavy (non-hydrogen) atoms. The molecule has 1 heterocycles. The number of amides is 1. The summed E-state index contributed by atoms with van der Waals surface area (Å²) in [7, 11) is -0.361. The van der Waals surface area contributed by atoms with Crippen molar-refractivity contribution >= 4 is 18.5 Å². The monoisotopic (exact) mass is 329 g/mol. The molecule has 1 aromatic carbocycles. The molecule has 0 bridgehead atoms. The van der Waals surface area contributed by atoms with Crippen molar-refractivity contribution in [3.8, 4) is 0 Å². The van der Waals surface area contributed by atoms with Crippen LogP contribution in [0, 0.1) is 5.92 Å². The van der Waals surface area contributed by atoms with Gasteiger partial charge in [-0.05, 0) is 51.6 Å². The molecule has 1 aliphatic carbocycles. The first kappa shape index (κ1) is 17.5. The van der Waals surface area contributed by atoms with Gasteiger partial charge in [0.25, 0.3) is 0 Å². The predicted molar refractivity (Wildman–Crippen MR) is 96.0 cm³/mol. The average Bonchev–Trinajstić information content (AvgIpc) is 3.12. The van der Waals surface area contributed by atoms with E-state index in [0.717, 1.165) is 23.9 Å². The van der Waals surface area contributed by atoms with Gasteiger partial charge in [0.2, 0.25) is 5.91 Å². The van der Waals surface area contributed by atoms with Gasteiger partial charge in [-0.15, -0.1) is 0 Å². The fraction of sp³-hybridized carbons (Fsp3) is 0.632. The molecule has 0 aromatic heterocycles. The molecule has 4 nitrogen and oxygen atoms in total. The van der Waals surface area contributed by atoms with E-state index in [1.165, 1.54) is 12.8 Å². The molecule has 130 valence electrons. The lowest BCUT2D eigenvalue weighted by molar-refractivity contribution is -0.124. The first-order valence-electron chi connectivity index (χ1n) is 9.01. The lowest BCUT2D eigenvalue weighted by Crippen LogP contribution is -2.41. The van der Waals surface area contributed by atoms with Crippen molar-refractivity contribution in [1.29, 1.82) is 0 Å². The molecule has 3 rings (SSSR count). The van der Waals surface area contributed by atoms with Gasteiger partial charge in [-0.2, -0.15) is 0 Å². The van der Waals surface area contributed by atoms with E-state index < -0.39 is 0 Å². The quantitative estimate of drug-likeness (QED) is 0.864. The molecular formula is C19H28BNO3. The highest BCUT2D eigenvalue weighted by molar-refractivity contribution is 6.62. The van der Waals surface area contributed by atoms with Crippen LogP contribution in [0.2, 0.25) is 0 Å². The number of rotatable bonds is 4. The minimum Gasteiger partial charge on any atom is -0.399 e. The second-order valence-corrected chi connectivity index (χ2v) is 8.03. The van der Waals surface area contributed by atoms with Crippen molar-refractivity contribution < 1.29 is 14.1 Å². The summed E-state index contributed by atoms with van der Waals surface area (Å²) in [6.45, 7) is 8.78. The molecule has 2 aliphatic rings. The number of nitrogens with one attached hydrogen (secondary N) is 1. The van der Waals surface area contributed by atoms with E-state index >= 15 is 0 Å². The Bertz CT molecular complexity index is 592. The molecular weight excluding hydrogens is 301 g/mol. The van der Waals surface area contributed by atoms with E-state index in [-0.39, 0.29) is 30.1 Å². The Morgan fingerprint density at radius 2 is 1.79 bits per heavy atom. The van der Waals surface area contributed by atoms with Gasteiger partial charge in [-0.1, -0.05) is 37.1 Å². The van der Waals surface area contributed by atoms with Gasteiger partial charge in [-0.3, -0.25) is 4.79 Å². The van der Waals surface area contributed by atoms with Crippen LogP contribution in [0.3, 0.4) is 0 Å². The molecule has 2 fully saturated rings. The van der Waals surface area contributed by atoms with Gasteiger partial charge < -0.3 is 14.6 Å². The van der Waals surface area contributed by atoms with E-state index in [1.807, 2.05) is 18.2 Å². The van der Waals surface area contributed by atoms with Crippen LogP contribution in [0.15, 0.2) is 24.3 Å². The summed E-state index contributed by atoms with van der Waals surface area (Å²) in [5, 5.41) is 3.07.